The molecule has 11 heteroatoms. The molecule has 1 aliphatic rings. The summed E-state index contributed by atoms with van der Waals surface area (Å²) in [6, 6.07) is 15.3. The van der Waals surface area contributed by atoms with Crippen LogP contribution in [0.4, 0.5) is 11.7 Å². The van der Waals surface area contributed by atoms with Crippen molar-refractivity contribution in [3.63, 3.8) is 0 Å². The van der Waals surface area contributed by atoms with Crippen molar-refractivity contribution in [2.75, 3.05) is 29.6 Å². The van der Waals surface area contributed by atoms with Crippen LogP contribution in [0.2, 0.25) is 0 Å². The van der Waals surface area contributed by atoms with Gasteiger partial charge in [-0.1, -0.05) is 23.3 Å². The van der Waals surface area contributed by atoms with E-state index < -0.39 is 15.7 Å². The molecule has 0 bridgehead atoms. The van der Waals surface area contributed by atoms with Crippen molar-refractivity contribution in [1.82, 2.24) is 10.2 Å². The van der Waals surface area contributed by atoms with Crippen molar-refractivity contribution in [2.45, 2.75) is 30.1 Å². The fourth-order valence-corrected chi connectivity index (χ4v) is 5.00. The first-order valence-corrected chi connectivity index (χ1v) is 12.4. The van der Waals surface area contributed by atoms with Gasteiger partial charge >= 0.3 is 6.01 Å². The smallest absolute Gasteiger partial charge is 0.322 e. The second kappa shape index (κ2) is 10.0. The normalized spacial score (nSPS) is 16.0. The van der Waals surface area contributed by atoms with Gasteiger partial charge in [0.1, 0.15) is 5.75 Å². The van der Waals surface area contributed by atoms with Crippen LogP contribution in [0, 0.1) is 0 Å². The van der Waals surface area contributed by atoms with Gasteiger partial charge in [0.05, 0.1) is 23.7 Å². The third-order valence-corrected chi connectivity index (χ3v) is 7.28. The zero-order chi connectivity index (χ0) is 24.1. The Balaban J connectivity index is 1.28. The number of methoxy groups -OCH3 is 1. The topological polar surface area (TPSA) is 132 Å². The van der Waals surface area contributed by atoms with E-state index in [1.54, 1.807) is 17.0 Å². The molecule has 4 rings (SSSR count). The summed E-state index contributed by atoms with van der Waals surface area (Å²) in [6.07, 6.45) is 0.328. The highest BCUT2D eigenvalue weighted by Crippen LogP contribution is 2.31. The van der Waals surface area contributed by atoms with E-state index >= 15 is 0 Å². The fourth-order valence-electron chi connectivity index (χ4n) is 3.69. The van der Waals surface area contributed by atoms with Crippen LogP contribution in [-0.2, 0) is 19.4 Å². The summed E-state index contributed by atoms with van der Waals surface area (Å²) in [6.45, 7) is 0.404. The summed E-state index contributed by atoms with van der Waals surface area (Å²) in [4.78, 5) is 26.4. The molecule has 0 aliphatic carbocycles. The Bertz CT molecular complexity index is 1260. The Kier molecular flexibility index (Phi) is 6.92. The number of anilines is 2. The Labute approximate surface area is 196 Å². The molecule has 2 amide bonds. The molecule has 1 N–H and O–H groups in total. The molecule has 178 valence electrons. The number of carbonyl (C=O) groups excluding carboxylic acids is 2. The number of amides is 2. The third kappa shape index (κ3) is 5.42. The van der Waals surface area contributed by atoms with Crippen LogP contribution < -0.4 is 15.0 Å². The third-order valence-electron chi connectivity index (χ3n) is 5.46. The van der Waals surface area contributed by atoms with Crippen LogP contribution in [0.1, 0.15) is 31.1 Å². The molecule has 34 heavy (non-hydrogen) atoms. The van der Waals surface area contributed by atoms with E-state index in [1.807, 2.05) is 30.3 Å². The van der Waals surface area contributed by atoms with Crippen molar-refractivity contribution in [3.05, 3.63) is 60.5 Å². The summed E-state index contributed by atoms with van der Waals surface area (Å²) < 4.78 is 35.4. The molecular weight excluding hydrogens is 460 g/mol. The highest BCUT2D eigenvalue weighted by Gasteiger charge is 2.35. The lowest BCUT2D eigenvalue weighted by atomic mass is 10.1. The lowest BCUT2D eigenvalue weighted by Gasteiger charge is -2.15. The van der Waals surface area contributed by atoms with E-state index in [-0.39, 0.29) is 53.6 Å². The molecule has 0 spiro atoms. The van der Waals surface area contributed by atoms with E-state index in [2.05, 4.69) is 15.5 Å². The number of benzene rings is 2. The lowest BCUT2D eigenvalue weighted by molar-refractivity contribution is -0.117. The van der Waals surface area contributed by atoms with Crippen LogP contribution in [0.25, 0.3) is 0 Å². The van der Waals surface area contributed by atoms with Gasteiger partial charge in [0.25, 0.3) is 0 Å². The second-order valence-corrected chi connectivity index (χ2v) is 9.94. The Morgan fingerprint density at radius 2 is 1.88 bits per heavy atom. The number of para-hydroxylation sites is 1. The maximum absolute atomic E-state index is 12.4. The number of nitrogens with one attached hydrogen (secondary N) is 1. The monoisotopic (exact) mass is 484 g/mol. The van der Waals surface area contributed by atoms with E-state index in [4.69, 9.17) is 9.15 Å². The van der Waals surface area contributed by atoms with Gasteiger partial charge in [0, 0.05) is 25.1 Å². The van der Waals surface area contributed by atoms with Crippen LogP contribution in [-0.4, -0.2) is 49.8 Å². The van der Waals surface area contributed by atoms with E-state index in [9.17, 15) is 18.0 Å². The quantitative estimate of drug-likeness (QED) is 0.490. The van der Waals surface area contributed by atoms with Gasteiger partial charge in [-0.05, 0) is 42.8 Å². The molecule has 1 fully saturated rings. The summed E-state index contributed by atoms with van der Waals surface area (Å²) in [5, 5.41) is 10.3. The van der Waals surface area contributed by atoms with Gasteiger partial charge < -0.3 is 14.1 Å². The minimum atomic E-state index is -3.52. The maximum Gasteiger partial charge on any atom is 0.322 e. The number of rotatable bonds is 9. The number of aromatic nitrogens is 2. The van der Waals surface area contributed by atoms with Crippen LogP contribution in [0.5, 0.6) is 5.75 Å². The summed E-state index contributed by atoms with van der Waals surface area (Å²) in [5.41, 5.74) is 0.799. The molecule has 1 saturated heterocycles. The minimum Gasteiger partial charge on any atom is -0.497 e. The van der Waals surface area contributed by atoms with Crippen molar-refractivity contribution in [2.24, 2.45) is 0 Å². The van der Waals surface area contributed by atoms with Crippen LogP contribution >= 0.6 is 0 Å². The molecule has 1 atom stereocenters. The van der Waals surface area contributed by atoms with Crippen molar-refractivity contribution >= 4 is 33.4 Å². The number of ether oxygens (including phenoxy) is 1. The van der Waals surface area contributed by atoms with Crippen molar-refractivity contribution in [3.8, 4) is 5.75 Å². The predicted molar refractivity (Wildman–Crippen MR) is 123 cm³/mol. The highest BCUT2D eigenvalue weighted by molar-refractivity contribution is 7.91. The number of hydrogen-bond acceptors (Lipinski definition) is 8. The molecule has 3 aromatic rings. The Morgan fingerprint density at radius 3 is 2.59 bits per heavy atom. The highest BCUT2D eigenvalue weighted by atomic mass is 32.2. The van der Waals surface area contributed by atoms with Gasteiger partial charge in [0.15, 0.2) is 9.84 Å². The zero-order valence-corrected chi connectivity index (χ0v) is 19.3. The van der Waals surface area contributed by atoms with Crippen LogP contribution in [0.3, 0.4) is 0 Å². The number of carbonyl (C=O) groups is 2. The average molecular weight is 485 g/mol. The van der Waals surface area contributed by atoms with Crippen molar-refractivity contribution < 1.29 is 27.2 Å². The zero-order valence-electron chi connectivity index (χ0n) is 18.5. The maximum atomic E-state index is 12.4. The number of nitrogens with zero attached hydrogens (tertiary/aromatic N) is 3. The molecule has 1 unspecified atom stereocenters. The first-order chi connectivity index (χ1) is 16.4. The van der Waals surface area contributed by atoms with Crippen LogP contribution in [0.15, 0.2) is 63.9 Å². The van der Waals surface area contributed by atoms with E-state index in [0.717, 1.165) is 5.69 Å². The first kappa shape index (κ1) is 23.4. The molecule has 1 aliphatic heterocycles. The first-order valence-electron chi connectivity index (χ1n) is 10.7. The van der Waals surface area contributed by atoms with Gasteiger partial charge in [-0.25, -0.2) is 8.42 Å². The Hall–Kier alpha value is -3.73. The van der Waals surface area contributed by atoms with Gasteiger partial charge in [0.2, 0.25) is 17.7 Å². The molecule has 2 heterocycles. The summed E-state index contributed by atoms with van der Waals surface area (Å²) >= 11 is 0. The van der Waals surface area contributed by atoms with E-state index in [1.165, 1.54) is 19.2 Å². The molecule has 10 nitrogen and oxygen atoms in total. The molecule has 1 aromatic heterocycles. The second-order valence-electron chi connectivity index (χ2n) is 7.83. The summed E-state index contributed by atoms with van der Waals surface area (Å²) in [7, 11) is -2.02. The average Bonchev–Trinajstić information content (AvgIpc) is 3.46. The molecule has 0 radical (unpaired) electrons. The number of sulfone groups is 1. The Morgan fingerprint density at radius 1 is 1.15 bits per heavy atom. The molecular formula is C23H24N4O6S. The van der Waals surface area contributed by atoms with Gasteiger partial charge in [-0.15, -0.1) is 5.10 Å². The SMILES string of the molecule is COc1ccc(S(=O)(=O)CCCC(=O)Nc2nnc(C3CC(=O)N(c4ccccc4)C3)o2)cc1. The predicted octanol–water partition coefficient (Wildman–Crippen LogP) is 2.79. The van der Waals surface area contributed by atoms with Gasteiger partial charge in [-0.3, -0.25) is 14.9 Å². The van der Waals surface area contributed by atoms with Crippen molar-refractivity contribution in [1.29, 1.82) is 0 Å². The van der Waals surface area contributed by atoms with E-state index in [0.29, 0.717) is 12.3 Å². The lowest BCUT2D eigenvalue weighted by Crippen LogP contribution is -2.24. The molecule has 2 aromatic carbocycles. The summed E-state index contributed by atoms with van der Waals surface area (Å²) in [5.74, 6) is -0.107. The standard InChI is InChI=1S/C23H24N4O6S/c1-32-18-9-11-19(12-10-18)34(30,31)13-5-8-20(28)24-23-26-25-22(33-23)16-14-21(29)27(15-16)17-6-3-2-4-7-17/h2-4,6-7,9-12,16H,5,8,13-15H2,1H3,(H,24,26,28). The van der Waals surface area contributed by atoms with Gasteiger partial charge in [-0.2, -0.15) is 0 Å². The number of hydrogen-bond donors (Lipinski definition) is 1. The molecule has 0 saturated carbocycles. The fraction of sp³-hybridized carbons (Fsp3) is 0.304. The minimum absolute atomic E-state index is 0.0310. The largest absolute Gasteiger partial charge is 0.497 e.